The number of carboxylic acid groups (broad SMARTS) is 1. The van der Waals surface area contributed by atoms with Gasteiger partial charge < -0.3 is 10.0 Å². The van der Waals surface area contributed by atoms with Gasteiger partial charge in [0.05, 0.1) is 11.5 Å². The summed E-state index contributed by atoms with van der Waals surface area (Å²) in [7, 11) is 0. The molecule has 2 aliphatic heterocycles. The maximum Gasteiger partial charge on any atom is 0.307 e. The minimum atomic E-state index is -0.747. The first-order chi connectivity index (χ1) is 10.4. The Kier molecular flexibility index (Phi) is 2.72. The summed E-state index contributed by atoms with van der Waals surface area (Å²) in [6.45, 7) is 4.83. The molecule has 1 saturated carbocycles. The highest BCUT2D eigenvalue weighted by molar-refractivity contribution is 5.84. The molecule has 1 aromatic carbocycles. The van der Waals surface area contributed by atoms with Gasteiger partial charge in [-0.05, 0) is 36.8 Å². The van der Waals surface area contributed by atoms with Crippen LogP contribution in [0.3, 0.4) is 0 Å². The highest BCUT2D eigenvalue weighted by atomic mass is 16.4. The van der Waals surface area contributed by atoms with Gasteiger partial charge in [-0.1, -0.05) is 30.7 Å². The number of benzene rings is 1. The lowest BCUT2D eigenvalue weighted by Crippen LogP contribution is -2.49. The number of nitrogens with zero attached hydrogens (tertiary/aromatic N) is 1. The van der Waals surface area contributed by atoms with Gasteiger partial charge in [0.1, 0.15) is 0 Å². The minimum absolute atomic E-state index is 0.0887. The van der Waals surface area contributed by atoms with E-state index in [1.54, 1.807) is 0 Å². The van der Waals surface area contributed by atoms with Crippen LogP contribution in [0.5, 0.6) is 0 Å². The quantitative estimate of drug-likeness (QED) is 0.866. The van der Waals surface area contributed by atoms with Crippen LogP contribution in [0.25, 0.3) is 0 Å². The third-order valence-corrected chi connectivity index (χ3v) is 6.09. The van der Waals surface area contributed by atoms with Gasteiger partial charge in [-0.25, -0.2) is 0 Å². The standard InChI is InChI=1S/C18H21NO3/c1-10-3-4-13-12(7-10)5-6-19-15(20)8-14-16(17(21)22)11(2)9-18(13,14)19/h3-4,7,11,14,16H,5-6,8-9H2,1-2H3,(H,21,22)/t11-,14-,16+,18-/m0/s1. The number of carbonyl (C=O) groups is 2. The second-order valence-corrected chi connectivity index (χ2v) is 7.24. The topological polar surface area (TPSA) is 57.6 Å². The number of carbonyl (C=O) groups excluding carboxylic acids is 1. The van der Waals surface area contributed by atoms with Gasteiger partial charge in [0.25, 0.3) is 0 Å². The van der Waals surface area contributed by atoms with Gasteiger partial charge in [0.2, 0.25) is 5.91 Å². The monoisotopic (exact) mass is 299 g/mol. The average molecular weight is 299 g/mol. The number of hydrogen-bond donors (Lipinski definition) is 1. The molecule has 0 aromatic heterocycles. The van der Waals surface area contributed by atoms with E-state index in [2.05, 4.69) is 25.1 Å². The zero-order valence-corrected chi connectivity index (χ0v) is 13.0. The fraction of sp³-hybridized carbons (Fsp3) is 0.556. The van der Waals surface area contributed by atoms with Crippen molar-refractivity contribution in [3.05, 3.63) is 34.9 Å². The van der Waals surface area contributed by atoms with Crippen LogP contribution in [-0.2, 0) is 21.5 Å². The molecule has 3 aliphatic rings. The van der Waals surface area contributed by atoms with Crippen LogP contribution >= 0.6 is 0 Å². The van der Waals surface area contributed by atoms with Crippen LogP contribution < -0.4 is 0 Å². The molecule has 1 saturated heterocycles. The second kappa shape index (κ2) is 4.34. The molecule has 1 amide bonds. The van der Waals surface area contributed by atoms with Crippen LogP contribution in [0.4, 0.5) is 0 Å². The Hall–Kier alpha value is -1.84. The zero-order chi connectivity index (χ0) is 15.6. The van der Waals surface area contributed by atoms with E-state index in [1.807, 2.05) is 11.8 Å². The summed E-state index contributed by atoms with van der Waals surface area (Å²) in [5.41, 5.74) is 3.36. The molecule has 1 spiro atoms. The van der Waals surface area contributed by atoms with E-state index in [1.165, 1.54) is 16.7 Å². The van der Waals surface area contributed by atoms with Crippen molar-refractivity contribution >= 4 is 11.9 Å². The fourth-order valence-corrected chi connectivity index (χ4v) is 5.37. The Morgan fingerprint density at radius 3 is 2.91 bits per heavy atom. The van der Waals surface area contributed by atoms with Crippen molar-refractivity contribution in [3.8, 4) is 0 Å². The molecule has 4 atom stereocenters. The molecule has 4 rings (SSSR count). The lowest BCUT2D eigenvalue weighted by molar-refractivity contribution is -0.144. The third-order valence-electron chi connectivity index (χ3n) is 6.09. The summed E-state index contributed by atoms with van der Waals surface area (Å²) < 4.78 is 0. The number of aliphatic carboxylic acids is 1. The van der Waals surface area contributed by atoms with Crippen molar-refractivity contribution in [2.45, 2.75) is 38.6 Å². The van der Waals surface area contributed by atoms with E-state index in [4.69, 9.17) is 0 Å². The van der Waals surface area contributed by atoms with Crippen molar-refractivity contribution in [1.29, 1.82) is 0 Å². The number of rotatable bonds is 1. The van der Waals surface area contributed by atoms with E-state index in [0.717, 1.165) is 19.4 Å². The zero-order valence-electron chi connectivity index (χ0n) is 13.0. The average Bonchev–Trinajstić information content (AvgIpc) is 2.86. The van der Waals surface area contributed by atoms with Gasteiger partial charge >= 0.3 is 5.97 Å². The van der Waals surface area contributed by atoms with Crippen molar-refractivity contribution in [2.75, 3.05) is 6.54 Å². The predicted molar refractivity (Wildman–Crippen MR) is 81.3 cm³/mol. The first kappa shape index (κ1) is 13.8. The van der Waals surface area contributed by atoms with Crippen LogP contribution in [0.1, 0.15) is 36.5 Å². The van der Waals surface area contributed by atoms with Crippen LogP contribution in [0.2, 0.25) is 0 Å². The van der Waals surface area contributed by atoms with E-state index < -0.39 is 11.9 Å². The third kappa shape index (κ3) is 1.53. The van der Waals surface area contributed by atoms with Gasteiger partial charge in [0.15, 0.2) is 0 Å². The Morgan fingerprint density at radius 2 is 2.18 bits per heavy atom. The molecular formula is C18H21NO3. The predicted octanol–water partition coefficient (Wildman–Crippen LogP) is 2.34. The highest BCUT2D eigenvalue weighted by Crippen LogP contribution is 2.60. The minimum Gasteiger partial charge on any atom is -0.481 e. The molecule has 2 fully saturated rings. The Morgan fingerprint density at radius 1 is 1.41 bits per heavy atom. The summed E-state index contributed by atoms with van der Waals surface area (Å²) in [5, 5.41) is 9.67. The van der Waals surface area contributed by atoms with Crippen LogP contribution in [0, 0.1) is 24.7 Å². The summed E-state index contributed by atoms with van der Waals surface area (Å²) in [5.74, 6) is -1.02. The lowest BCUT2D eigenvalue weighted by Gasteiger charge is -2.44. The van der Waals surface area contributed by atoms with Crippen molar-refractivity contribution in [1.82, 2.24) is 4.90 Å². The first-order valence-corrected chi connectivity index (χ1v) is 8.08. The first-order valence-electron chi connectivity index (χ1n) is 8.08. The molecule has 0 bridgehead atoms. The molecule has 1 N–H and O–H groups in total. The Labute approximate surface area is 130 Å². The molecule has 2 heterocycles. The number of hydrogen-bond acceptors (Lipinski definition) is 2. The van der Waals surface area contributed by atoms with Crippen molar-refractivity contribution in [2.24, 2.45) is 17.8 Å². The van der Waals surface area contributed by atoms with E-state index in [-0.39, 0.29) is 23.3 Å². The van der Waals surface area contributed by atoms with E-state index in [9.17, 15) is 14.7 Å². The highest BCUT2D eigenvalue weighted by Gasteiger charge is 2.64. The molecular weight excluding hydrogens is 278 g/mol. The summed E-state index contributed by atoms with van der Waals surface area (Å²) in [6, 6.07) is 6.44. The Bertz CT molecular complexity index is 683. The van der Waals surface area contributed by atoms with Crippen LogP contribution in [0.15, 0.2) is 18.2 Å². The number of amides is 1. The molecule has 1 aromatic rings. The van der Waals surface area contributed by atoms with Gasteiger partial charge in [-0.2, -0.15) is 0 Å². The fourth-order valence-electron chi connectivity index (χ4n) is 5.37. The maximum absolute atomic E-state index is 12.5. The van der Waals surface area contributed by atoms with E-state index >= 15 is 0 Å². The maximum atomic E-state index is 12.5. The summed E-state index contributed by atoms with van der Waals surface area (Å²) in [4.78, 5) is 26.3. The van der Waals surface area contributed by atoms with Crippen LogP contribution in [-0.4, -0.2) is 28.4 Å². The smallest absolute Gasteiger partial charge is 0.307 e. The Balaban J connectivity index is 1.92. The molecule has 4 nitrogen and oxygen atoms in total. The van der Waals surface area contributed by atoms with Crippen molar-refractivity contribution < 1.29 is 14.7 Å². The van der Waals surface area contributed by atoms with E-state index in [0.29, 0.717) is 6.42 Å². The molecule has 116 valence electrons. The molecule has 0 radical (unpaired) electrons. The summed E-state index contributed by atoms with van der Waals surface area (Å²) >= 11 is 0. The van der Waals surface area contributed by atoms with Gasteiger partial charge in [-0.3, -0.25) is 9.59 Å². The van der Waals surface area contributed by atoms with Crippen molar-refractivity contribution in [3.63, 3.8) is 0 Å². The molecule has 1 aliphatic carbocycles. The van der Waals surface area contributed by atoms with Gasteiger partial charge in [-0.15, -0.1) is 0 Å². The largest absolute Gasteiger partial charge is 0.481 e. The molecule has 0 unspecified atom stereocenters. The normalized spacial score (nSPS) is 36.0. The SMILES string of the molecule is Cc1ccc2c(c1)CCN1C(=O)C[C@H]3[C@H](C(=O)O)[C@@H](C)C[C@]231. The second-order valence-electron chi connectivity index (χ2n) is 7.24. The summed E-state index contributed by atoms with van der Waals surface area (Å²) in [6.07, 6.45) is 2.04. The lowest BCUT2D eigenvalue weighted by atomic mass is 9.74. The molecule has 4 heteroatoms. The van der Waals surface area contributed by atoms with Gasteiger partial charge in [0, 0.05) is 18.9 Å². The number of fused-ring (bicyclic) bond motifs is 1. The number of carboxylic acids is 1. The molecule has 22 heavy (non-hydrogen) atoms. The number of aryl methyl sites for hydroxylation is 1.